The molecule has 6 N–H and O–H groups in total. The first-order valence-electron chi connectivity index (χ1n) is 15.9. The number of aromatic nitrogens is 5. The molecule has 3 aliphatic heterocycles. The zero-order chi connectivity index (χ0) is 37.4. The molecule has 2 atom stereocenters. The van der Waals surface area contributed by atoms with E-state index in [0.717, 1.165) is 48.9 Å². The summed E-state index contributed by atoms with van der Waals surface area (Å²) in [6, 6.07) is 1.41. The number of benzene rings is 1. The van der Waals surface area contributed by atoms with Crippen LogP contribution in [0, 0.1) is 0 Å². The number of carboxylic acids is 1. The minimum Gasteiger partial charge on any atom is -0.546 e. The monoisotopic (exact) mass is 774 g/mol. The van der Waals surface area contributed by atoms with E-state index < -0.39 is 52.2 Å². The number of nitrogens with two attached hydrogens (primary N) is 1. The number of anilines is 1. The minimum absolute atomic E-state index is 0.0279. The van der Waals surface area contributed by atoms with E-state index in [1.54, 1.807) is 0 Å². The van der Waals surface area contributed by atoms with Crippen LogP contribution in [-0.4, -0.2) is 125 Å². The molecule has 3 aromatic rings. The molecular formula is C30H33ClN11O8S2-. The van der Waals surface area contributed by atoms with Crippen LogP contribution < -0.4 is 26.6 Å². The van der Waals surface area contributed by atoms with Gasteiger partial charge in [-0.05, 0) is 26.0 Å². The average Bonchev–Trinajstić information content (AvgIpc) is 3.89. The highest BCUT2D eigenvalue weighted by atomic mass is 35.5. The molecule has 3 amide bonds. The Bertz CT molecular complexity index is 1940. The second kappa shape index (κ2) is 14.6. The number of tetrazole rings is 1. The van der Waals surface area contributed by atoms with Crippen molar-refractivity contribution in [1.29, 1.82) is 0 Å². The van der Waals surface area contributed by atoms with E-state index in [9.17, 15) is 34.5 Å². The van der Waals surface area contributed by atoms with Crippen molar-refractivity contribution in [3.05, 3.63) is 45.2 Å². The van der Waals surface area contributed by atoms with Crippen molar-refractivity contribution in [2.24, 2.45) is 5.16 Å². The highest BCUT2D eigenvalue weighted by molar-refractivity contribution is 8.00. The van der Waals surface area contributed by atoms with Crippen LogP contribution in [0.3, 0.4) is 0 Å². The largest absolute Gasteiger partial charge is 0.546 e. The molecule has 0 saturated carbocycles. The van der Waals surface area contributed by atoms with Crippen molar-refractivity contribution >= 4 is 74.9 Å². The van der Waals surface area contributed by atoms with E-state index in [4.69, 9.17) is 22.2 Å². The number of halogens is 1. The Balaban J connectivity index is 1.19. The number of β-lactam (4-membered cyclic amide) rings is 1. The summed E-state index contributed by atoms with van der Waals surface area (Å²) in [5, 5.41) is 56.7. The lowest BCUT2D eigenvalue weighted by Crippen LogP contribution is -2.70. The molecule has 2 saturated heterocycles. The van der Waals surface area contributed by atoms with Gasteiger partial charge in [0.15, 0.2) is 27.9 Å². The van der Waals surface area contributed by atoms with E-state index in [1.807, 2.05) is 0 Å². The number of hydrogen-bond acceptors (Lipinski definition) is 16. The number of hydrogen-bond donors (Lipinski definition) is 5. The number of nitrogens with one attached hydrogen (secondary N) is 2. The van der Waals surface area contributed by atoms with E-state index in [-0.39, 0.29) is 32.9 Å². The van der Waals surface area contributed by atoms with Crippen molar-refractivity contribution < 1.29 is 43.8 Å². The number of carbonyl (C=O) groups excluding carboxylic acids is 4. The molecule has 1 aromatic carbocycles. The van der Waals surface area contributed by atoms with E-state index in [2.05, 4.69) is 41.4 Å². The Labute approximate surface area is 308 Å². The predicted octanol–water partition coefficient (Wildman–Crippen LogP) is -0.967. The fourth-order valence-electron chi connectivity index (χ4n) is 6.16. The normalized spacial score (nSPS) is 19.9. The Hall–Kier alpha value is -4.99. The topological polar surface area (TPSA) is 272 Å². The lowest BCUT2D eigenvalue weighted by atomic mass is 10.0. The molecule has 22 heteroatoms. The summed E-state index contributed by atoms with van der Waals surface area (Å²) >= 11 is 8.39. The SMILES string of the molecule is CC(C)(O/N=C(\C(=O)N[C@@H]1C(=O)N2C(c3nnn[n-]3)=C(C[N+]3(CCNC(=O)c4cc(O)c(O)c(Cl)c4)CCCC3)CS[C@H]12)c1csc(N)n1)C(=O)[O-]. The van der Waals surface area contributed by atoms with Gasteiger partial charge in [-0.2, -0.15) is 5.21 Å². The number of nitrogens with zero attached hydrogens (tertiary/aromatic N) is 8. The number of thioether (sulfide) groups is 1. The summed E-state index contributed by atoms with van der Waals surface area (Å²) in [6.07, 6.45) is 1.91. The number of amides is 3. The number of thiazole rings is 1. The smallest absolute Gasteiger partial charge is 0.276 e. The molecule has 6 rings (SSSR count). The van der Waals surface area contributed by atoms with Crippen molar-refractivity contribution in [2.45, 2.75) is 43.7 Å². The third kappa shape index (κ3) is 7.34. The molecule has 0 unspecified atom stereocenters. The summed E-state index contributed by atoms with van der Waals surface area (Å²) in [5.74, 6) is -3.71. The number of aromatic hydroxyl groups is 2. The summed E-state index contributed by atoms with van der Waals surface area (Å²) < 4.78 is 0.606. The van der Waals surface area contributed by atoms with Crippen LogP contribution >= 0.6 is 34.7 Å². The molecule has 0 bridgehead atoms. The van der Waals surface area contributed by atoms with Gasteiger partial charge < -0.3 is 50.9 Å². The van der Waals surface area contributed by atoms with E-state index in [1.165, 1.54) is 42.0 Å². The standard InChI is InChI=1S/C30H34ClN11O8S2/c1-30(2,28(48)49)50-38-19(17-13-52-29(32)34-17)25(46)35-20-26(47)41-21(23-36-39-40-37-23)15(12-51-27(20)41)11-42(6-3-4-7-42)8-5-33-24(45)14-9-16(31)22(44)18(43)10-14/h9-10,13,20,27H,3-8,11-12H2,1-2H3,(H7-,32,33,34,35,36,37,38,39,40,43,44,45,46,48,49)/p-1/t20-,27-/m1/s1. The Morgan fingerprint density at radius 1 is 1.27 bits per heavy atom. The lowest BCUT2D eigenvalue weighted by Gasteiger charge is -2.51. The lowest BCUT2D eigenvalue weighted by molar-refractivity contribution is -0.911. The highest BCUT2D eigenvalue weighted by Crippen LogP contribution is 2.44. The number of aliphatic carboxylic acids is 1. The number of rotatable bonds is 13. The first-order chi connectivity index (χ1) is 24.7. The van der Waals surface area contributed by atoms with E-state index in [0.29, 0.717) is 35.6 Å². The van der Waals surface area contributed by atoms with Crippen molar-refractivity contribution in [3.63, 3.8) is 0 Å². The Morgan fingerprint density at radius 3 is 2.65 bits per heavy atom. The first-order valence-corrected chi connectivity index (χ1v) is 18.2. The number of carboxylic acid groups (broad SMARTS) is 1. The van der Waals surface area contributed by atoms with Crippen LogP contribution in [0.5, 0.6) is 11.5 Å². The van der Waals surface area contributed by atoms with Gasteiger partial charge in [0, 0.05) is 35.1 Å². The third-order valence-electron chi connectivity index (χ3n) is 8.92. The van der Waals surface area contributed by atoms with Crippen molar-refractivity contribution in [2.75, 3.05) is 44.2 Å². The van der Waals surface area contributed by atoms with Gasteiger partial charge in [0.25, 0.3) is 17.7 Å². The number of phenolic OH excluding ortho intramolecular Hbond substituents is 2. The molecule has 0 radical (unpaired) electrons. The van der Waals surface area contributed by atoms with Crippen LogP contribution in [0.15, 0.2) is 28.2 Å². The first kappa shape index (κ1) is 36.8. The third-order valence-corrected chi connectivity index (χ3v) is 11.2. The average molecular weight is 775 g/mol. The fourth-order valence-corrected chi connectivity index (χ4v) is 8.26. The number of oxime groups is 1. The van der Waals surface area contributed by atoms with E-state index >= 15 is 0 Å². The minimum atomic E-state index is -1.88. The molecule has 19 nitrogen and oxygen atoms in total. The van der Waals surface area contributed by atoms with Gasteiger partial charge in [-0.25, -0.2) is 4.98 Å². The molecule has 0 aliphatic carbocycles. The molecule has 5 heterocycles. The second-order valence-corrected chi connectivity index (χ2v) is 15.3. The second-order valence-electron chi connectivity index (χ2n) is 12.9. The quantitative estimate of drug-likeness (QED) is 0.0460. The van der Waals surface area contributed by atoms with Crippen LogP contribution in [0.25, 0.3) is 5.70 Å². The summed E-state index contributed by atoms with van der Waals surface area (Å²) in [5.41, 5.74) is 4.96. The molecule has 0 spiro atoms. The number of quaternary nitrogens is 1. The molecule has 2 fully saturated rings. The van der Waals surface area contributed by atoms with Gasteiger partial charge in [0.1, 0.15) is 23.7 Å². The molecule has 3 aliphatic rings. The fraction of sp³-hybridized carbons (Fsp3) is 0.433. The molecular weight excluding hydrogens is 742 g/mol. The van der Waals surface area contributed by atoms with Crippen molar-refractivity contribution in [3.8, 4) is 11.5 Å². The predicted molar refractivity (Wildman–Crippen MR) is 184 cm³/mol. The van der Waals surface area contributed by atoms with Crippen LogP contribution in [0.2, 0.25) is 5.02 Å². The Kier molecular flexibility index (Phi) is 10.3. The zero-order valence-corrected chi connectivity index (χ0v) is 30.1. The molecule has 2 aromatic heterocycles. The maximum atomic E-state index is 13.8. The zero-order valence-electron chi connectivity index (χ0n) is 27.7. The van der Waals surface area contributed by atoms with Crippen LogP contribution in [-0.2, 0) is 19.2 Å². The van der Waals surface area contributed by atoms with Gasteiger partial charge in [0.05, 0.1) is 48.7 Å². The highest BCUT2D eigenvalue weighted by Gasteiger charge is 2.54. The summed E-state index contributed by atoms with van der Waals surface area (Å²) in [4.78, 5) is 62.4. The molecule has 52 heavy (non-hydrogen) atoms. The van der Waals surface area contributed by atoms with Gasteiger partial charge in [-0.1, -0.05) is 16.8 Å². The number of likely N-dealkylation sites (tertiary alicyclic amines) is 1. The van der Waals surface area contributed by atoms with Crippen LogP contribution in [0.1, 0.15) is 48.6 Å². The maximum absolute atomic E-state index is 13.8. The Morgan fingerprint density at radius 2 is 2.02 bits per heavy atom. The van der Waals surface area contributed by atoms with Gasteiger partial charge in [-0.3, -0.25) is 29.6 Å². The number of phenols is 2. The maximum Gasteiger partial charge on any atom is 0.276 e. The number of fused-ring (bicyclic) bond motifs is 1. The van der Waals surface area contributed by atoms with Crippen LogP contribution in [0.4, 0.5) is 5.13 Å². The number of carbonyl (C=O) groups is 4. The van der Waals surface area contributed by atoms with Gasteiger partial charge in [0.2, 0.25) is 0 Å². The van der Waals surface area contributed by atoms with Gasteiger partial charge in [-0.15, -0.1) is 23.1 Å². The molecule has 276 valence electrons. The van der Waals surface area contributed by atoms with Gasteiger partial charge >= 0.3 is 0 Å². The summed E-state index contributed by atoms with van der Waals surface area (Å²) in [7, 11) is 0. The van der Waals surface area contributed by atoms with Crippen molar-refractivity contribution in [1.82, 2.24) is 41.1 Å². The summed E-state index contributed by atoms with van der Waals surface area (Å²) in [6.45, 7) is 5.40. The number of nitrogen functional groups attached to an aromatic ring is 1.